The maximum Gasteiger partial charge on any atom is 0.255 e. The molecule has 3 aliphatic carbocycles. The Morgan fingerprint density at radius 1 is 1.15 bits per heavy atom. The molecule has 2 unspecified atom stereocenters. The van der Waals surface area contributed by atoms with Crippen LogP contribution in [-0.4, -0.2) is 77.8 Å². The van der Waals surface area contributed by atoms with E-state index in [1.165, 1.54) is 24.8 Å². The van der Waals surface area contributed by atoms with Crippen molar-refractivity contribution in [3.05, 3.63) is 35.5 Å². The molecular formula is C30H41F2N5O2. The van der Waals surface area contributed by atoms with Gasteiger partial charge in [-0.2, -0.15) is 5.10 Å². The second kappa shape index (κ2) is 11.1. The number of aromatic nitrogens is 1. The van der Waals surface area contributed by atoms with Gasteiger partial charge in [-0.3, -0.25) is 9.80 Å². The van der Waals surface area contributed by atoms with Crippen LogP contribution in [0.3, 0.4) is 0 Å². The summed E-state index contributed by atoms with van der Waals surface area (Å²) in [4.78, 5) is 20.3. The molecule has 2 aliphatic heterocycles. The summed E-state index contributed by atoms with van der Waals surface area (Å²) >= 11 is 0. The minimum absolute atomic E-state index is 0.00340. The molecule has 6 rings (SSSR count). The lowest BCUT2D eigenvalue weighted by Crippen LogP contribution is -2.45. The van der Waals surface area contributed by atoms with Gasteiger partial charge in [-0.25, -0.2) is 13.8 Å². The van der Waals surface area contributed by atoms with Crippen LogP contribution in [0.25, 0.3) is 0 Å². The van der Waals surface area contributed by atoms with Crippen LogP contribution in [0, 0.1) is 17.8 Å². The number of pyridine rings is 1. The van der Waals surface area contributed by atoms with E-state index in [4.69, 9.17) is 4.74 Å². The molecule has 1 aromatic rings. The molecule has 0 aromatic carbocycles. The second-order valence-corrected chi connectivity index (χ2v) is 12.3. The number of ether oxygens (including phenoxy) is 1. The van der Waals surface area contributed by atoms with Crippen molar-refractivity contribution >= 4 is 11.6 Å². The van der Waals surface area contributed by atoms with Crippen molar-refractivity contribution in [2.75, 3.05) is 33.2 Å². The molecule has 7 nitrogen and oxygen atoms in total. The number of hydrogen-bond donors (Lipinski definition) is 1. The molecule has 0 radical (unpaired) electrons. The van der Waals surface area contributed by atoms with E-state index in [-0.39, 0.29) is 30.6 Å². The smallest absolute Gasteiger partial charge is 0.255 e. The standard InChI is InChI=1S/C30H41F2N5O2/c1-36-19-25-24(3-2-4-27(25)35-36)29(38)33-22-8-5-20(6-9-22)11-14-37-15-12-21-7-10-28(34-26(21)13-16-37)39-23-17-30(31,32)18-23/h2,4,7,10,20,22-25H,3,5-6,8-9,11-19H2,1H3,(H,33,38). The molecule has 1 amide bonds. The molecule has 3 heterocycles. The van der Waals surface area contributed by atoms with Crippen LogP contribution in [0.5, 0.6) is 5.88 Å². The lowest BCUT2D eigenvalue weighted by Gasteiger charge is -2.34. The first kappa shape index (κ1) is 26.7. The molecule has 2 fully saturated rings. The lowest BCUT2D eigenvalue weighted by molar-refractivity contribution is -0.135. The summed E-state index contributed by atoms with van der Waals surface area (Å²) < 4.78 is 32.0. The molecule has 0 bridgehead atoms. The topological polar surface area (TPSA) is 70.1 Å². The zero-order valence-corrected chi connectivity index (χ0v) is 23.0. The fourth-order valence-electron chi connectivity index (χ4n) is 7.00. The molecule has 39 heavy (non-hydrogen) atoms. The minimum Gasteiger partial charge on any atom is -0.474 e. The fourth-order valence-corrected chi connectivity index (χ4v) is 7.00. The predicted molar refractivity (Wildman–Crippen MR) is 146 cm³/mol. The summed E-state index contributed by atoms with van der Waals surface area (Å²) in [5.41, 5.74) is 3.35. The molecule has 9 heteroatoms. The fraction of sp³-hybridized carbons (Fsp3) is 0.700. The van der Waals surface area contributed by atoms with Gasteiger partial charge in [0.05, 0.1) is 11.6 Å². The van der Waals surface area contributed by atoms with Crippen molar-refractivity contribution in [1.82, 2.24) is 20.2 Å². The number of carbonyl (C=O) groups is 1. The van der Waals surface area contributed by atoms with Gasteiger partial charge in [0.2, 0.25) is 11.8 Å². The summed E-state index contributed by atoms with van der Waals surface area (Å²) in [5.74, 6) is -0.959. The van der Waals surface area contributed by atoms with Crippen molar-refractivity contribution in [2.24, 2.45) is 22.9 Å². The molecule has 0 spiro atoms. The first-order chi connectivity index (χ1) is 18.8. The van der Waals surface area contributed by atoms with Crippen molar-refractivity contribution in [2.45, 2.75) is 82.3 Å². The van der Waals surface area contributed by atoms with E-state index >= 15 is 0 Å². The Hall–Kier alpha value is -2.55. The van der Waals surface area contributed by atoms with Crippen LogP contribution in [0.1, 0.15) is 62.6 Å². The number of fused-ring (bicyclic) bond motifs is 2. The van der Waals surface area contributed by atoms with Gasteiger partial charge in [0.15, 0.2) is 0 Å². The third-order valence-electron chi connectivity index (χ3n) is 9.42. The van der Waals surface area contributed by atoms with E-state index in [2.05, 4.69) is 38.5 Å². The highest BCUT2D eigenvalue weighted by molar-refractivity contribution is 6.02. The molecule has 2 saturated carbocycles. The van der Waals surface area contributed by atoms with Crippen molar-refractivity contribution in [1.29, 1.82) is 0 Å². The number of allylic oxidation sites excluding steroid dienone is 2. The predicted octanol–water partition coefficient (Wildman–Crippen LogP) is 4.22. The molecule has 0 saturated heterocycles. The first-order valence-electron chi connectivity index (χ1n) is 14.8. The van der Waals surface area contributed by atoms with Gasteiger partial charge in [0.25, 0.3) is 5.92 Å². The van der Waals surface area contributed by atoms with Gasteiger partial charge in [-0.15, -0.1) is 0 Å². The zero-order chi connectivity index (χ0) is 27.0. The van der Waals surface area contributed by atoms with Gasteiger partial charge in [-0.05, 0) is 69.0 Å². The summed E-state index contributed by atoms with van der Waals surface area (Å²) in [6.07, 6.45) is 11.6. The average molecular weight is 542 g/mol. The molecule has 212 valence electrons. The van der Waals surface area contributed by atoms with Crippen molar-refractivity contribution in [3.63, 3.8) is 0 Å². The van der Waals surface area contributed by atoms with Crippen LogP contribution in [0.4, 0.5) is 8.78 Å². The highest BCUT2D eigenvalue weighted by Gasteiger charge is 2.47. The molecule has 2 atom stereocenters. The monoisotopic (exact) mass is 541 g/mol. The average Bonchev–Trinajstić information content (AvgIpc) is 3.16. The summed E-state index contributed by atoms with van der Waals surface area (Å²) in [6, 6.07) is 4.20. The van der Waals surface area contributed by atoms with Crippen molar-refractivity contribution in [3.8, 4) is 5.88 Å². The number of amides is 1. The Balaban J connectivity index is 0.914. The number of carbonyl (C=O) groups excluding carboxylic acids is 1. The highest BCUT2D eigenvalue weighted by atomic mass is 19.3. The van der Waals surface area contributed by atoms with E-state index in [1.807, 2.05) is 18.1 Å². The van der Waals surface area contributed by atoms with Gasteiger partial charge >= 0.3 is 0 Å². The molecular weight excluding hydrogens is 500 g/mol. The highest BCUT2D eigenvalue weighted by Crippen LogP contribution is 2.39. The second-order valence-electron chi connectivity index (χ2n) is 12.3. The maximum absolute atomic E-state index is 13.1. The molecule has 1 aromatic heterocycles. The van der Waals surface area contributed by atoms with Gasteiger partial charge in [0, 0.05) is 69.7 Å². The third-order valence-corrected chi connectivity index (χ3v) is 9.42. The number of nitrogens with zero attached hydrogens (tertiary/aromatic N) is 4. The Morgan fingerprint density at radius 3 is 2.74 bits per heavy atom. The summed E-state index contributed by atoms with van der Waals surface area (Å²) in [7, 11) is 1.98. The van der Waals surface area contributed by atoms with Crippen LogP contribution in [-0.2, 0) is 17.6 Å². The van der Waals surface area contributed by atoms with E-state index < -0.39 is 12.0 Å². The number of hydrazone groups is 1. The van der Waals surface area contributed by atoms with Gasteiger partial charge in [-0.1, -0.05) is 12.1 Å². The zero-order valence-electron chi connectivity index (χ0n) is 23.0. The summed E-state index contributed by atoms with van der Waals surface area (Å²) in [6.45, 7) is 3.90. The normalized spacial score (nSPS) is 30.5. The quantitative estimate of drug-likeness (QED) is 0.560. The van der Waals surface area contributed by atoms with Crippen LogP contribution < -0.4 is 10.1 Å². The molecule has 5 aliphatic rings. The van der Waals surface area contributed by atoms with Crippen LogP contribution in [0.2, 0.25) is 0 Å². The third kappa shape index (κ3) is 6.28. The number of halogens is 2. The van der Waals surface area contributed by atoms with Crippen LogP contribution >= 0.6 is 0 Å². The minimum atomic E-state index is -2.58. The molecule has 1 N–H and O–H groups in total. The van der Waals surface area contributed by atoms with Crippen LogP contribution in [0.15, 0.2) is 29.4 Å². The number of alkyl halides is 2. The Morgan fingerprint density at radius 2 is 1.95 bits per heavy atom. The first-order valence-corrected chi connectivity index (χ1v) is 14.8. The van der Waals surface area contributed by atoms with Gasteiger partial charge in [0.1, 0.15) is 6.10 Å². The Kier molecular flexibility index (Phi) is 7.62. The van der Waals surface area contributed by atoms with E-state index in [0.29, 0.717) is 17.8 Å². The number of hydrogen-bond acceptors (Lipinski definition) is 6. The van der Waals surface area contributed by atoms with Crippen molar-refractivity contribution < 1.29 is 18.3 Å². The maximum atomic E-state index is 13.1. The number of nitrogens with one attached hydrogen (secondary N) is 1. The van der Waals surface area contributed by atoms with E-state index in [0.717, 1.165) is 69.7 Å². The Bertz CT molecular complexity index is 1110. The number of rotatable bonds is 7. The SMILES string of the molecule is CN1CC2C(=N1)C=CCC2C(=O)NC1CCC(CCN2CCc3ccc(OC4CC(F)(F)C4)nc3CC2)CC1. The summed E-state index contributed by atoms with van der Waals surface area (Å²) in [5, 5.41) is 9.88. The van der Waals surface area contributed by atoms with E-state index in [9.17, 15) is 13.6 Å². The van der Waals surface area contributed by atoms with E-state index in [1.54, 1.807) is 0 Å². The Labute approximate surface area is 230 Å². The largest absolute Gasteiger partial charge is 0.474 e. The lowest BCUT2D eigenvalue weighted by atomic mass is 9.80. The van der Waals surface area contributed by atoms with Gasteiger partial charge < -0.3 is 15.0 Å².